The molecule has 0 unspecified atom stereocenters. The van der Waals surface area contributed by atoms with Gasteiger partial charge in [-0.25, -0.2) is 4.98 Å². The minimum atomic E-state index is -0.340. The summed E-state index contributed by atoms with van der Waals surface area (Å²) < 4.78 is 5.14. The summed E-state index contributed by atoms with van der Waals surface area (Å²) in [4.78, 5) is 15.7. The number of hydrogen-bond donors (Lipinski definition) is 0. The van der Waals surface area contributed by atoms with E-state index in [1.54, 1.807) is 18.2 Å². The van der Waals surface area contributed by atoms with Crippen LogP contribution in [0.3, 0.4) is 0 Å². The van der Waals surface area contributed by atoms with Crippen molar-refractivity contribution in [2.24, 2.45) is 0 Å². The number of nitrogens with zero attached hydrogens (tertiary/aromatic N) is 1. The van der Waals surface area contributed by atoms with Crippen LogP contribution < -0.4 is 0 Å². The number of esters is 1. The van der Waals surface area contributed by atoms with Crippen LogP contribution in [0.4, 0.5) is 0 Å². The van der Waals surface area contributed by atoms with Crippen LogP contribution in [0.1, 0.15) is 17.7 Å². The highest BCUT2D eigenvalue weighted by Crippen LogP contribution is 2.19. The molecule has 2 rings (SSSR count). The molecule has 0 atom stereocenters. The van der Waals surface area contributed by atoms with Crippen molar-refractivity contribution in [1.29, 1.82) is 0 Å². The van der Waals surface area contributed by atoms with Crippen molar-refractivity contribution < 1.29 is 9.53 Å². The van der Waals surface area contributed by atoms with Gasteiger partial charge in [0.1, 0.15) is 11.8 Å². The van der Waals surface area contributed by atoms with Crippen LogP contribution in [0, 0.1) is 0 Å². The lowest BCUT2D eigenvalue weighted by Gasteiger charge is -2.07. The molecule has 0 spiro atoms. The lowest BCUT2D eigenvalue weighted by atomic mass is 10.1. The summed E-state index contributed by atoms with van der Waals surface area (Å²) in [5, 5.41) is 1.37. The molecule has 110 valence electrons. The Balaban J connectivity index is 1.85. The number of benzene rings is 1. The van der Waals surface area contributed by atoms with E-state index in [-0.39, 0.29) is 19.0 Å². The Hall–Kier alpha value is -1.29. The molecule has 0 radical (unpaired) electrons. The number of aromatic nitrogens is 1. The summed E-state index contributed by atoms with van der Waals surface area (Å²) >= 11 is 17.7. The van der Waals surface area contributed by atoms with Crippen LogP contribution in [0.5, 0.6) is 0 Å². The molecule has 1 aromatic heterocycles. The van der Waals surface area contributed by atoms with E-state index in [0.717, 1.165) is 5.56 Å². The summed E-state index contributed by atoms with van der Waals surface area (Å²) in [6, 6.07) is 10.6. The molecule has 0 bridgehead atoms. The Morgan fingerprint density at radius 2 is 1.81 bits per heavy atom. The van der Waals surface area contributed by atoms with Gasteiger partial charge in [-0.2, -0.15) is 0 Å². The maximum atomic E-state index is 11.7. The molecular formula is C15H12Cl3NO2. The summed E-state index contributed by atoms with van der Waals surface area (Å²) in [5.74, 6) is -0.340. The topological polar surface area (TPSA) is 39.2 Å². The third-order valence-electron chi connectivity index (χ3n) is 2.81. The highest BCUT2D eigenvalue weighted by molar-refractivity contribution is 6.32. The van der Waals surface area contributed by atoms with Gasteiger partial charge in [-0.15, -0.1) is 0 Å². The zero-order valence-corrected chi connectivity index (χ0v) is 13.3. The first kappa shape index (κ1) is 16.1. The molecule has 0 saturated carbocycles. The van der Waals surface area contributed by atoms with E-state index >= 15 is 0 Å². The molecule has 0 N–H and O–H groups in total. The number of ether oxygens (including phenoxy) is 1. The fourth-order valence-electron chi connectivity index (χ4n) is 1.72. The number of carbonyl (C=O) groups excluding carboxylic acids is 1. The maximum absolute atomic E-state index is 11.7. The first-order chi connectivity index (χ1) is 10.1. The largest absolute Gasteiger partial charge is 0.459 e. The molecule has 0 saturated heterocycles. The van der Waals surface area contributed by atoms with Gasteiger partial charge in [-0.05, 0) is 30.2 Å². The number of halogens is 3. The van der Waals surface area contributed by atoms with Gasteiger partial charge < -0.3 is 4.74 Å². The normalized spacial score (nSPS) is 10.4. The van der Waals surface area contributed by atoms with Gasteiger partial charge in [-0.1, -0.05) is 53.0 Å². The van der Waals surface area contributed by atoms with Gasteiger partial charge in [0, 0.05) is 11.4 Å². The molecule has 0 aliphatic rings. The molecule has 6 heteroatoms. The third-order valence-corrected chi connectivity index (χ3v) is 3.73. The Kier molecular flexibility index (Phi) is 5.85. The minimum absolute atomic E-state index is 0.000743. The number of carbonyl (C=O) groups is 1. The molecule has 21 heavy (non-hydrogen) atoms. The van der Waals surface area contributed by atoms with E-state index in [4.69, 9.17) is 39.5 Å². The standard InChI is InChI=1S/C15H12Cl3NO2/c16-11-4-2-1-3-10(11)5-8-15(20)21-9-13-12(17)6-7-14(18)19-13/h1-4,6-7H,5,8-9H2. The molecule has 1 heterocycles. The van der Waals surface area contributed by atoms with Crippen molar-refractivity contribution in [2.75, 3.05) is 0 Å². The lowest BCUT2D eigenvalue weighted by molar-refractivity contribution is -0.145. The van der Waals surface area contributed by atoms with Crippen LogP contribution in [-0.2, 0) is 22.6 Å². The van der Waals surface area contributed by atoms with E-state index in [1.807, 2.05) is 18.2 Å². The highest BCUT2D eigenvalue weighted by Gasteiger charge is 2.09. The molecular weight excluding hydrogens is 333 g/mol. The van der Waals surface area contributed by atoms with Crippen molar-refractivity contribution in [2.45, 2.75) is 19.4 Å². The van der Waals surface area contributed by atoms with Crippen molar-refractivity contribution in [3.63, 3.8) is 0 Å². The second kappa shape index (κ2) is 7.64. The molecule has 0 aliphatic carbocycles. The van der Waals surface area contributed by atoms with Gasteiger partial charge in [0.15, 0.2) is 0 Å². The minimum Gasteiger partial charge on any atom is -0.459 e. The van der Waals surface area contributed by atoms with E-state index < -0.39 is 0 Å². The van der Waals surface area contributed by atoms with Gasteiger partial charge in [0.25, 0.3) is 0 Å². The van der Waals surface area contributed by atoms with Crippen molar-refractivity contribution >= 4 is 40.8 Å². The smallest absolute Gasteiger partial charge is 0.306 e. The summed E-state index contributed by atoms with van der Waals surface area (Å²) in [5.41, 5.74) is 1.35. The van der Waals surface area contributed by atoms with E-state index in [2.05, 4.69) is 4.98 Å². The molecule has 0 amide bonds. The second-order valence-corrected chi connectivity index (χ2v) is 5.52. The Morgan fingerprint density at radius 1 is 1.05 bits per heavy atom. The van der Waals surface area contributed by atoms with E-state index in [1.165, 1.54) is 0 Å². The van der Waals surface area contributed by atoms with Crippen LogP contribution in [0.15, 0.2) is 36.4 Å². The molecule has 0 aliphatic heterocycles. The first-order valence-corrected chi connectivity index (χ1v) is 7.39. The van der Waals surface area contributed by atoms with Crippen LogP contribution >= 0.6 is 34.8 Å². The highest BCUT2D eigenvalue weighted by atomic mass is 35.5. The number of rotatable bonds is 5. The van der Waals surface area contributed by atoms with Crippen LogP contribution in [0.2, 0.25) is 15.2 Å². The third kappa shape index (κ3) is 4.88. The van der Waals surface area contributed by atoms with Crippen molar-refractivity contribution in [3.8, 4) is 0 Å². The zero-order chi connectivity index (χ0) is 15.2. The number of pyridine rings is 1. The first-order valence-electron chi connectivity index (χ1n) is 6.26. The Bertz CT molecular complexity index is 647. The van der Waals surface area contributed by atoms with Gasteiger partial charge in [0.2, 0.25) is 0 Å². The SMILES string of the molecule is O=C(CCc1ccccc1Cl)OCc1nc(Cl)ccc1Cl. The summed E-state index contributed by atoms with van der Waals surface area (Å²) in [6.45, 7) is 0.000743. The fourth-order valence-corrected chi connectivity index (χ4v) is 2.27. The predicted octanol–water partition coefficient (Wildman–Crippen LogP) is 4.72. The number of aryl methyl sites for hydroxylation is 1. The molecule has 0 fully saturated rings. The second-order valence-electron chi connectivity index (χ2n) is 4.31. The molecule has 1 aromatic carbocycles. The van der Waals surface area contributed by atoms with Crippen molar-refractivity contribution in [3.05, 3.63) is 62.9 Å². The number of hydrogen-bond acceptors (Lipinski definition) is 3. The van der Waals surface area contributed by atoms with E-state index in [0.29, 0.717) is 27.3 Å². The summed E-state index contributed by atoms with van der Waals surface area (Å²) in [6.07, 6.45) is 0.761. The maximum Gasteiger partial charge on any atom is 0.306 e. The fraction of sp³-hybridized carbons (Fsp3) is 0.200. The molecule has 2 aromatic rings. The quantitative estimate of drug-likeness (QED) is 0.582. The van der Waals surface area contributed by atoms with Gasteiger partial charge >= 0.3 is 5.97 Å². The van der Waals surface area contributed by atoms with Crippen LogP contribution in [0.25, 0.3) is 0 Å². The van der Waals surface area contributed by atoms with Crippen LogP contribution in [-0.4, -0.2) is 11.0 Å². The van der Waals surface area contributed by atoms with Gasteiger partial charge in [0.05, 0.1) is 10.7 Å². The summed E-state index contributed by atoms with van der Waals surface area (Å²) in [7, 11) is 0. The zero-order valence-electron chi connectivity index (χ0n) is 11.0. The average molecular weight is 345 g/mol. The van der Waals surface area contributed by atoms with Gasteiger partial charge in [-0.3, -0.25) is 4.79 Å². The lowest BCUT2D eigenvalue weighted by Crippen LogP contribution is -2.07. The Morgan fingerprint density at radius 3 is 2.57 bits per heavy atom. The Labute approximate surface area is 137 Å². The monoisotopic (exact) mass is 343 g/mol. The van der Waals surface area contributed by atoms with Crippen molar-refractivity contribution in [1.82, 2.24) is 4.98 Å². The molecule has 3 nitrogen and oxygen atoms in total. The van der Waals surface area contributed by atoms with E-state index in [9.17, 15) is 4.79 Å². The predicted molar refractivity (Wildman–Crippen MR) is 83.8 cm³/mol. The average Bonchev–Trinajstić information content (AvgIpc) is 2.47.